The first kappa shape index (κ1) is 29.4. The van der Waals surface area contributed by atoms with Crippen LogP contribution >= 0.6 is 0 Å². The van der Waals surface area contributed by atoms with E-state index in [1.54, 1.807) is 0 Å². The molecule has 0 aromatic heterocycles. The van der Waals surface area contributed by atoms with Crippen molar-refractivity contribution in [2.45, 2.75) is 179 Å². The lowest BCUT2D eigenvalue weighted by Gasteiger charge is -2.58. The molecule has 6 unspecified atom stereocenters. The lowest BCUT2D eigenvalue weighted by Crippen LogP contribution is -2.64. The van der Waals surface area contributed by atoms with Gasteiger partial charge in [0.1, 0.15) is 0 Å². The average molecular weight is 527 g/mol. The highest BCUT2D eigenvalue weighted by atomic mass is 15.0. The van der Waals surface area contributed by atoms with E-state index >= 15 is 0 Å². The molecule has 5 aliphatic rings. The Balaban J connectivity index is 1.51. The second kappa shape index (κ2) is 16.4. The monoisotopic (exact) mass is 527 g/mol. The average Bonchev–Trinajstić information content (AvgIpc) is 2.89. The van der Waals surface area contributed by atoms with E-state index in [2.05, 4.69) is 10.6 Å². The molecule has 2 aliphatic heterocycles. The number of hydrogen-bond acceptors (Lipinski definition) is 2. The van der Waals surface area contributed by atoms with Gasteiger partial charge in [-0.15, -0.1) is 0 Å². The van der Waals surface area contributed by atoms with E-state index < -0.39 is 0 Å². The number of hydrogen-bond donors (Lipinski definition) is 2. The number of nitrogens with one attached hydrogen (secondary N) is 2. The molecule has 3 saturated carbocycles. The minimum absolute atomic E-state index is 0.805. The molecule has 5 fully saturated rings. The summed E-state index contributed by atoms with van der Waals surface area (Å²) in [4.78, 5) is 0. The molecule has 38 heavy (non-hydrogen) atoms. The summed E-state index contributed by atoms with van der Waals surface area (Å²) in [7, 11) is 0. The van der Waals surface area contributed by atoms with Crippen molar-refractivity contribution in [2.75, 3.05) is 13.1 Å². The van der Waals surface area contributed by atoms with Gasteiger partial charge in [0.25, 0.3) is 0 Å². The van der Waals surface area contributed by atoms with Gasteiger partial charge in [-0.1, -0.05) is 141 Å². The van der Waals surface area contributed by atoms with Gasteiger partial charge in [0, 0.05) is 12.1 Å². The molecular weight excluding hydrogens is 460 g/mol. The summed E-state index contributed by atoms with van der Waals surface area (Å²) in [5.74, 6) is 5.66. The normalized spacial score (nSPS) is 38.8. The minimum atomic E-state index is 0.805. The first-order valence-corrected chi connectivity index (χ1v) is 18.4. The number of rotatable bonds is 2. The van der Waals surface area contributed by atoms with Crippen LogP contribution in [-0.2, 0) is 0 Å². The van der Waals surface area contributed by atoms with E-state index in [1.165, 1.54) is 180 Å². The second-order valence-corrected chi connectivity index (χ2v) is 14.8. The van der Waals surface area contributed by atoms with Gasteiger partial charge in [-0.25, -0.2) is 0 Å². The molecule has 3 aliphatic carbocycles. The largest absolute Gasteiger partial charge is 0.313 e. The molecular formula is C36H66N2. The Kier molecular flexibility index (Phi) is 12.7. The summed E-state index contributed by atoms with van der Waals surface area (Å²) in [6.45, 7) is 2.60. The van der Waals surface area contributed by atoms with E-state index in [9.17, 15) is 0 Å². The molecule has 0 amide bonds. The molecule has 5 rings (SSSR count). The van der Waals surface area contributed by atoms with E-state index in [0.717, 1.165) is 47.6 Å². The fourth-order valence-corrected chi connectivity index (χ4v) is 10.5. The quantitative estimate of drug-likeness (QED) is 0.374. The standard InChI is InChI=1S/C36H66N2/c1-5-13-21-29(22-14-6-1)33-31-25-17-9-3-12-20-28-38-36(31)34(30-23-15-7-2-8-16-24-30)32-26-18-10-4-11-19-27-37-35(32)33/h29-38H,1-28H2. The maximum absolute atomic E-state index is 4.44. The van der Waals surface area contributed by atoms with Gasteiger partial charge in [0.15, 0.2) is 0 Å². The fourth-order valence-electron chi connectivity index (χ4n) is 10.5. The van der Waals surface area contributed by atoms with Crippen molar-refractivity contribution in [3.05, 3.63) is 0 Å². The Morgan fingerprint density at radius 2 is 0.579 bits per heavy atom. The minimum Gasteiger partial charge on any atom is -0.313 e. The SMILES string of the molecule is C1CCCC(C2C3CCCCCCCNC3C(C3CCCCCCC3)C3CCCCCCCNC32)CCC1. The first-order valence-electron chi connectivity index (χ1n) is 18.4. The highest BCUT2D eigenvalue weighted by Gasteiger charge is 2.53. The summed E-state index contributed by atoms with van der Waals surface area (Å²) in [5, 5.41) is 8.88. The van der Waals surface area contributed by atoms with Crippen molar-refractivity contribution in [3.63, 3.8) is 0 Å². The van der Waals surface area contributed by atoms with Gasteiger partial charge < -0.3 is 10.6 Å². The third kappa shape index (κ3) is 8.02. The van der Waals surface area contributed by atoms with Crippen molar-refractivity contribution in [3.8, 4) is 0 Å². The van der Waals surface area contributed by atoms with Crippen LogP contribution in [-0.4, -0.2) is 25.2 Å². The van der Waals surface area contributed by atoms with E-state index in [0.29, 0.717) is 0 Å². The van der Waals surface area contributed by atoms with E-state index in [1.807, 2.05) is 0 Å². The van der Waals surface area contributed by atoms with Gasteiger partial charge in [0.05, 0.1) is 0 Å². The maximum Gasteiger partial charge on any atom is 0.0133 e. The Morgan fingerprint density at radius 1 is 0.289 bits per heavy atom. The van der Waals surface area contributed by atoms with Crippen molar-refractivity contribution >= 4 is 0 Å². The highest BCUT2D eigenvalue weighted by molar-refractivity contribution is 5.06. The van der Waals surface area contributed by atoms with E-state index in [-0.39, 0.29) is 0 Å². The van der Waals surface area contributed by atoms with Crippen LogP contribution in [0.15, 0.2) is 0 Å². The summed E-state index contributed by atoms with van der Waals surface area (Å²) < 4.78 is 0. The van der Waals surface area contributed by atoms with Gasteiger partial charge >= 0.3 is 0 Å². The molecule has 2 N–H and O–H groups in total. The lowest BCUT2D eigenvalue weighted by molar-refractivity contribution is -0.0460. The van der Waals surface area contributed by atoms with Gasteiger partial charge in [-0.05, 0) is 74.3 Å². The van der Waals surface area contributed by atoms with Crippen LogP contribution in [0.5, 0.6) is 0 Å². The molecule has 0 aromatic rings. The van der Waals surface area contributed by atoms with Crippen LogP contribution in [0.2, 0.25) is 0 Å². The molecule has 0 spiro atoms. The predicted molar refractivity (Wildman–Crippen MR) is 165 cm³/mol. The molecule has 2 heteroatoms. The molecule has 220 valence electrons. The second-order valence-electron chi connectivity index (χ2n) is 14.8. The van der Waals surface area contributed by atoms with Crippen molar-refractivity contribution in [2.24, 2.45) is 35.5 Å². The van der Waals surface area contributed by atoms with Gasteiger partial charge in [-0.3, -0.25) is 0 Å². The Bertz CT molecular complexity index is 531. The van der Waals surface area contributed by atoms with Crippen molar-refractivity contribution < 1.29 is 0 Å². The summed E-state index contributed by atoms with van der Waals surface area (Å²) in [5.41, 5.74) is 0. The molecule has 0 bridgehead atoms. The molecule has 2 heterocycles. The van der Waals surface area contributed by atoms with E-state index in [4.69, 9.17) is 0 Å². The van der Waals surface area contributed by atoms with Crippen molar-refractivity contribution in [1.29, 1.82) is 0 Å². The maximum atomic E-state index is 4.44. The zero-order valence-electron chi connectivity index (χ0n) is 25.4. The first-order chi connectivity index (χ1) is 18.9. The highest BCUT2D eigenvalue weighted by Crippen LogP contribution is 2.52. The van der Waals surface area contributed by atoms with Gasteiger partial charge in [0.2, 0.25) is 0 Å². The van der Waals surface area contributed by atoms with Crippen molar-refractivity contribution in [1.82, 2.24) is 10.6 Å². The zero-order valence-corrected chi connectivity index (χ0v) is 25.4. The zero-order chi connectivity index (χ0) is 25.8. The summed E-state index contributed by atoms with van der Waals surface area (Å²) >= 11 is 0. The Labute approximate surface area is 238 Å². The van der Waals surface area contributed by atoms with Gasteiger partial charge in [-0.2, -0.15) is 0 Å². The molecule has 0 aromatic carbocycles. The lowest BCUT2D eigenvalue weighted by atomic mass is 9.52. The van der Waals surface area contributed by atoms with Crippen LogP contribution in [0.25, 0.3) is 0 Å². The van der Waals surface area contributed by atoms with Crippen LogP contribution in [0.4, 0.5) is 0 Å². The van der Waals surface area contributed by atoms with Crippen LogP contribution in [0.3, 0.4) is 0 Å². The predicted octanol–water partition coefficient (Wildman–Crippen LogP) is 9.81. The Morgan fingerprint density at radius 3 is 0.947 bits per heavy atom. The molecule has 0 radical (unpaired) electrons. The van der Waals surface area contributed by atoms with Crippen LogP contribution < -0.4 is 10.6 Å². The van der Waals surface area contributed by atoms with Crippen LogP contribution in [0.1, 0.15) is 167 Å². The summed E-state index contributed by atoms with van der Waals surface area (Å²) in [6, 6.07) is 1.61. The third-order valence-electron chi connectivity index (χ3n) is 12.3. The summed E-state index contributed by atoms with van der Waals surface area (Å²) in [6.07, 6.45) is 38.9. The molecule has 2 nitrogen and oxygen atoms in total. The number of fused-ring (bicyclic) bond motifs is 2. The molecule has 2 saturated heterocycles. The topological polar surface area (TPSA) is 24.1 Å². The van der Waals surface area contributed by atoms with Crippen LogP contribution in [0, 0.1) is 35.5 Å². The molecule has 6 atom stereocenters. The third-order valence-corrected chi connectivity index (χ3v) is 12.3. The fraction of sp³-hybridized carbons (Fsp3) is 1.00. The smallest absolute Gasteiger partial charge is 0.0133 e. The Hall–Kier alpha value is -0.0800.